The van der Waals surface area contributed by atoms with Gasteiger partial charge >= 0.3 is 0 Å². The van der Waals surface area contributed by atoms with Crippen LogP contribution in [0.4, 0.5) is 0 Å². The maximum Gasteiger partial charge on any atom is 0.119 e. The van der Waals surface area contributed by atoms with E-state index in [1.54, 1.807) is 5.70 Å². The summed E-state index contributed by atoms with van der Waals surface area (Å²) >= 11 is 0. The molecule has 0 aromatic heterocycles. The number of rotatable bonds is 1. The minimum atomic E-state index is 0.339. The van der Waals surface area contributed by atoms with Crippen LogP contribution < -0.4 is 0 Å². The summed E-state index contributed by atoms with van der Waals surface area (Å²) in [5.41, 5.74) is 3.10. The van der Waals surface area contributed by atoms with Crippen molar-refractivity contribution in [3.63, 3.8) is 0 Å². The summed E-state index contributed by atoms with van der Waals surface area (Å²) in [6, 6.07) is 0.558. The van der Waals surface area contributed by atoms with Gasteiger partial charge in [0.1, 0.15) is 6.73 Å². The van der Waals surface area contributed by atoms with Crippen molar-refractivity contribution < 1.29 is 4.74 Å². The quantitative estimate of drug-likeness (QED) is 0.637. The highest BCUT2D eigenvalue weighted by atomic mass is 16.5. The van der Waals surface area contributed by atoms with E-state index < -0.39 is 0 Å². The topological polar surface area (TPSA) is 12.5 Å². The van der Waals surface area contributed by atoms with E-state index in [1.165, 1.54) is 5.57 Å². The molecule has 2 heteroatoms. The molecule has 1 aliphatic heterocycles. The van der Waals surface area contributed by atoms with Gasteiger partial charge in [-0.3, -0.25) is 0 Å². The fourth-order valence-corrected chi connectivity index (χ4v) is 2.69. The van der Waals surface area contributed by atoms with Crippen LogP contribution in [0.25, 0.3) is 0 Å². The second kappa shape index (κ2) is 3.27. The molecule has 0 aromatic carbocycles. The summed E-state index contributed by atoms with van der Waals surface area (Å²) in [7, 11) is 0. The van der Waals surface area contributed by atoms with Crippen molar-refractivity contribution in [2.45, 2.75) is 46.8 Å². The van der Waals surface area contributed by atoms with Gasteiger partial charge in [-0.05, 0) is 32.3 Å². The molecule has 80 valence electrons. The van der Waals surface area contributed by atoms with Crippen LogP contribution in [0.15, 0.2) is 11.3 Å². The third-order valence-corrected chi connectivity index (χ3v) is 3.80. The van der Waals surface area contributed by atoms with E-state index in [2.05, 4.69) is 39.5 Å². The van der Waals surface area contributed by atoms with Crippen LogP contribution in [0.2, 0.25) is 0 Å². The highest BCUT2D eigenvalue weighted by Gasteiger charge is 2.43. The van der Waals surface area contributed by atoms with Gasteiger partial charge in [0.15, 0.2) is 0 Å². The molecule has 2 nitrogen and oxygen atoms in total. The van der Waals surface area contributed by atoms with Gasteiger partial charge in [-0.2, -0.15) is 0 Å². The van der Waals surface area contributed by atoms with E-state index in [0.717, 1.165) is 12.6 Å². The summed E-state index contributed by atoms with van der Waals surface area (Å²) in [5, 5.41) is 0. The van der Waals surface area contributed by atoms with E-state index in [0.29, 0.717) is 18.1 Å². The Bertz CT molecular complexity index is 269. The highest BCUT2D eigenvalue weighted by Crippen LogP contribution is 2.47. The number of allylic oxidation sites excluding steroid dienone is 1. The van der Waals surface area contributed by atoms with Gasteiger partial charge in [0.2, 0.25) is 0 Å². The third-order valence-electron chi connectivity index (χ3n) is 3.80. The smallest absolute Gasteiger partial charge is 0.119 e. The Labute approximate surface area is 86.9 Å². The molecule has 1 aliphatic carbocycles. The van der Waals surface area contributed by atoms with Gasteiger partial charge in [-0.25, -0.2) is 0 Å². The molecular weight excluding hydrogens is 174 g/mol. The molecule has 3 unspecified atom stereocenters. The summed E-state index contributed by atoms with van der Waals surface area (Å²) in [5.74, 6) is 1.43. The Kier molecular flexibility index (Phi) is 2.34. The molecule has 0 saturated heterocycles. The van der Waals surface area contributed by atoms with Crippen LogP contribution in [0.5, 0.6) is 0 Å². The van der Waals surface area contributed by atoms with Crippen LogP contribution in [-0.4, -0.2) is 23.8 Å². The summed E-state index contributed by atoms with van der Waals surface area (Å²) in [4.78, 5) is 2.40. The van der Waals surface area contributed by atoms with E-state index >= 15 is 0 Å². The molecule has 0 amide bonds. The molecule has 0 spiro atoms. The third kappa shape index (κ3) is 1.20. The Balaban J connectivity index is 2.31. The molecule has 0 aromatic rings. The Morgan fingerprint density at radius 2 is 1.86 bits per heavy atom. The maximum atomic E-state index is 5.77. The molecule has 0 radical (unpaired) electrons. The first-order valence-corrected chi connectivity index (χ1v) is 5.66. The zero-order valence-corrected chi connectivity index (χ0v) is 9.87. The molecule has 3 atom stereocenters. The van der Waals surface area contributed by atoms with Gasteiger partial charge in [0.05, 0.1) is 6.10 Å². The van der Waals surface area contributed by atoms with Crippen LogP contribution in [0, 0.1) is 11.8 Å². The predicted octanol–water partition coefficient (Wildman–Crippen LogP) is 2.61. The number of hydrogen-bond donors (Lipinski definition) is 0. The van der Waals surface area contributed by atoms with Crippen molar-refractivity contribution in [2.75, 3.05) is 6.73 Å². The molecule has 14 heavy (non-hydrogen) atoms. The van der Waals surface area contributed by atoms with Crippen molar-refractivity contribution in [3.8, 4) is 0 Å². The standard InChI is InChI=1S/C12H21NO/c1-7(2)13-6-14-10(5)11-8(3)9(4)12(11)13/h7-10H,6H2,1-5H3. The zero-order valence-electron chi connectivity index (χ0n) is 9.87. The van der Waals surface area contributed by atoms with Crippen molar-refractivity contribution in [2.24, 2.45) is 11.8 Å². The number of ether oxygens (including phenoxy) is 1. The molecule has 0 saturated carbocycles. The van der Waals surface area contributed by atoms with Gasteiger partial charge < -0.3 is 9.64 Å². The largest absolute Gasteiger partial charge is 0.354 e. The predicted molar refractivity (Wildman–Crippen MR) is 57.7 cm³/mol. The molecular formula is C12H21NO. The van der Waals surface area contributed by atoms with Gasteiger partial charge in [0, 0.05) is 17.7 Å². The first-order valence-electron chi connectivity index (χ1n) is 5.66. The maximum absolute atomic E-state index is 5.77. The average Bonchev–Trinajstić information content (AvgIpc) is 2.15. The second-order valence-corrected chi connectivity index (χ2v) is 4.92. The zero-order chi connectivity index (χ0) is 10.5. The lowest BCUT2D eigenvalue weighted by Gasteiger charge is -2.51. The van der Waals surface area contributed by atoms with E-state index in [4.69, 9.17) is 4.74 Å². The van der Waals surface area contributed by atoms with Crippen molar-refractivity contribution in [1.82, 2.24) is 4.90 Å². The van der Waals surface area contributed by atoms with Crippen molar-refractivity contribution >= 4 is 0 Å². The fourth-order valence-electron chi connectivity index (χ4n) is 2.69. The van der Waals surface area contributed by atoms with E-state index in [9.17, 15) is 0 Å². The SMILES string of the molecule is CC1OCN(C(C)C)C2=C1C(C)C2C. The second-order valence-electron chi connectivity index (χ2n) is 4.92. The van der Waals surface area contributed by atoms with Crippen LogP contribution in [0.3, 0.4) is 0 Å². The molecule has 2 rings (SSSR count). The average molecular weight is 195 g/mol. The lowest BCUT2D eigenvalue weighted by atomic mass is 9.70. The molecule has 0 fully saturated rings. The molecule has 0 bridgehead atoms. The first kappa shape index (κ1) is 10.0. The molecule has 0 N–H and O–H groups in total. The van der Waals surface area contributed by atoms with Crippen LogP contribution >= 0.6 is 0 Å². The van der Waals surface area contributed by atoms with Gasteiger partial charge in [-0.15, -0.1) is 0 Å². The Morgan fingerprint density at radius 3 is 2.43 bits per heavy atom. The van der Waals surface area contributed by atoms with Crippen molar-refractivity contribution in [3.05, 3.63) is 11.3 Å². The van der Waals surface area contributed by atoms with Crippen LogP contribution in [0.1, 0.15) is 34.6 Å². The lowest BCUT2D eigenvalue weighted by molar-refractivity contribution is -0.0486. The fraction of sp³-hybridized carbons (Fsp3) is 0.833. The summed E-state index contributed by atoms with van der Waals surface area (Å²) < 4.78 is 5.77. The van der Waals surface area contributed by atoms with E-state index in [-0.39, 0.29) is 0 Å². The lowest BCUT2D eigenvalue weighted by Crippen LogP contribution is -2.50. The Hall–Kier alpha value is -0.500. The number of nitrogens with zero attached hydrogens (tertiary/aromatic N) is 1. The summed E-state index contributed by atoms with van der Waals surface area (Å²) in [6.45, 7) is 12.1. The van der Waals surface area contributed by atoms with Crippen molar-refractivity contribution in [1.29, 1.82) is 0 Å². The van der Waals surface area contributed by atoms with E-state index in [1.807, 2.05) is 0 Å². The first-order chi connectivity index (χ1) is 6.54. The van der Waals surface area contributed by atoms with Crippen LogP contribution in [-0.2, 0) is 4.74 Å². The molecule has 2 aliphatic rings. The minimum absolute atomic E-state index is 0.339. The summed E-state index contributed by atoms with van der Waals surface area (Å²) in [6.07, 6.45) is 0.339. The monoisotopic (exact) mass is 195 g/mol. The Morgan fingerprint density at radius 1 is 1.21 bits per heavy atom. The molecule has 1 heterocycles. The minimum Gasteiger partial charge on any atom is -0.354 e. The normalized spacial score (nSPS) is 37.3. The van der Waals surface area contributed by atoms with Gasteiger partial charge in [-0.1, -0.05) is 13.8 Å². The number of hydrogen-bond acceptors (Lipinski definition) is 2. The van der Waals surface area contributed by atoms with Gasteiger partial charge in [0.25, 0.3) is 0 Å². The highest BCUT2D eigenvalue weighted by molar-refractivity contribution is 5.34.